The molecular weight excluding hydrogens is 180 g/mol. The van der Waals surface area contributed by atoms with Crippen molar-refractivity contribution in [3.63, 3.8) is 0 Å². The van der Waals surface area contributed by atoms with Gasteiger partial charge in [0, 0.05) is 6.20 Å². The van der Waals surface area contributed by atoms with Gasteiger partial charge in [0.15, 0.2) is 0 Å². The Labute approximate surface area is 74.8 Å². The first-order valence-corrected chi connectivity index (χ1v) is 3.93. The fraction of sp³-hybridized carbons (Fsp3) is 0.429. The highest BCUT2D eigenvalue weighted by Gasteiger charge is 2.09. The fourth-order valence-corrected chi connectivity index (χ4v) is 1.09. The summed E-state index contributed by atoms with van der Waals surface area (Å²) >= 11 is 5.57. The van der Waals surface area contributed by atoms with Crippen molar-refractivity contribution in [2.45, 2.75) is 19.4 Å². The topological polar surface area (TPSA) is 57.9 Å². The molecule has 1 aromatic heterocycles. The zero-order valence-corrected chi connectivity index (χ0v) is 7.28. The highest BCUT2D eigenvalue weighted by molar-refractivity contribution is 6.30. The van der Waals surface area contributed by atoms with Crippen LogP contribution in [-0.2, 0) is 4.79 Å². The third-order valence-corrected chi connectivity index (χ3v) is 1.74. The molecule has 0 aromatic carbocycles. The molecule has 5 heteroatoms. The maximum atomic E-state index is 10.5. The van der Waals surface area contributed by atoms with Gasteiger partial charge in [-0.2, -0.15) is 5.10 Å². The summed E-state index contributed by atoms with van der Waals surface area (Å²) in [6, 6.07) is -0.725. The Morgan fingerprint density at radius 3 is 2.92 bits per heavy atom. The van der Waals surface area contributed by atoms with Crippen molar-refractivity contribution in [1.82, 2.24) is 9.78 Å². The van der Waals surface area contributed by atoms with Gasteiger partial charge >= 0.3 is 0 Å². The third kappa shape index (κ3) is 1.76. The number of hydrogen-bond acceptors (Lipinski definition) is 3. The monoisotopic (exact) mass is 187 g/mol. The predicted octanol–water partition coefficient (Wildman–Crippen LogP) is 0.237. The number of nitrogens with zero attached hydrogens (tertiary/aromatic N) is 2. The van der Waals surface area contributed by atoms with E-state index >= 15 is 0 Å². The van der Waals surface area contributed by atoms with Crippen molar-refractivity contribution in [1.29, 1.82) is 0 Å². The van der Waals surface area contributed by atoms with E-state index in [4.69, 9.17) is 11.6 Å². The van der Waals surface area contributed by atoms with Crippen LogP contribution in [0.25, 0.3) is 0 Å². The standard InChI is InChI=1S/C7H9ClN2O2/c1-2-6(7(11)12)10-4-5(8)3-9-10/h3-4,6H,2H2,1H3,(H,11,12)/p-1/t6-/m1/s1. The number of carboxylic acid groups (broad SMARTS) is 1. The van der Waals surface area contributed by atoms with E-state index < -0.39 is 12.0 Å². The van der Waals surface area contributed by atoms with Crippen molar-refractivity contribution in [2.24, 2.45) is 0 Å². The maximum Gasteiger partial charge on any atom is 0.0910 e. The van der Waals surface area contributed by atoms with Crippen LogP contribution in [0.2, 0.25) is 5.02 Å². The van der Waals surface area contributed by atoms with E-state index in [0.29, 0.717) is 11.4 Å². The lowest BCUT2D eigenvalue weighted by atomic mass is 10.2. The normalized spacial score (nSPS) is 12.8. The van der Waals surface area contributed by atoms with Gasteiger partial charge in [0.1, 0.15) is 0 Å². The average molecular weight is 188 g/mol. The second-order valence-electron chi connectivity index (χ2n) is 2.38. The molecule has 4 nitrogen and oxygen atoms in total. The van der Waals surface area contributed by atoms with Gasteiger partial charge in [-0.3, -0.25) is 4.68 Å². The first-order valence-electron chi connectivity index (χ1n) is 3.55. The van der Waals surface area contributed by atoms with E-state index in [9.17, 15) is 9.90 Å². The van der Waals surface area contributed by atoms with Gasteiger partial charge < -0.3 is 9.90 Å². The largest absolute Gasteiger partial charge is 0.548 e. The Bertz CT molecular complexity index is 285. The number of halogens is 1. The SMILES string of the molecule is CC[C@H](C(=O)[O-])n1cc(Cl)cn1. The lowest BCUT2D eigenvalue weighted by Gasteiger charge is -2.15. The second-order valence-corrected chi connectivity index (χ2v) is 2.82. The molecule has 12 heavy (non-hydrogen) atoms. The van der Waals surface area contributed by atoms with E-state index in [0.717, 1.165) is 0 Å². The van der Waals surface area contributed by atoms with Gasteiger partial charge in [-0.05, 0) is 6.42 Å². The number of aliphatic carboxylic acids is 1. The molecule has 1 aromatic rings. The van der Waals surface area contributed by atoms with Gasteiger partial charge in [0.25, 0.3) is 0 Å². The summed E-state index contributed by atoms with van der Waals surface area (Å²) < 4.78 is 1.29. The Kier molecular flexibility index (Phi) is 2.70. The number of carboxylic acids is 1. The van der Waals surface area contributed by atoms with Crippen molar-refractivity contribution in [2.75, 3.05) is 0 Å². The van der Waals surface area contributed by atoms with Gasteiger partial charge in [-0.25, -0.2) is 0 Å². The van der Waals surface area contributed by atoms with Gasteiger partial charge in [-0.15, -0.1) is 0 Å². The maximum absolute atomic E-state index is 10.5. The van der Waals surface area contributed by atoms with Crippen molar-refractivity contribution in [3.05, 3.63) is 17.4 Å². The second kappa shape index (κ2) is 3.58. The van der Waals surface area contributed by atoms with Crippen LogP contribution in [0.3, 0.4) is 0 Å². The highest BCUT2D eigenvalue weighted by Crippen LogP contribution is 2.12. The third-order valence-electron chi connectivity index (χ3n) is 1.55. The molecule has 66 valence electrons. The molecule has 0 saturated heterocycles. The molecular formula is C7H8ClN2O2-. The number of aromatic nitrogens is 2. The van der Waals surface area contributed by atoms with Gasteiger partial charge in [0.2, 0.25) is 0 Å². The molecule has 0 radical (unpaired) electrons. The molecule has 0 N–H and O–H groups in total. The van der Waals surface area contributed by atoms with Crippen LogP contribution in [-0.4, -0.2) is 15.7 Å². The van der Waals surface area contributed by atoms with Crippen molar-refractivity contribution >= 4 is 17.6 Å². The summed E-state index contributed by atoms with van der Waals surface area (Å²) in [7, 11) is 0. The quantitative estimate of drug-likeness (QED) is 0.681. The minimum atomic E-state index is -1.14. The summed E-state index contributed by atoms with van der Waals surface area (Å²) in [5.74, 6) is -1.14. The molecule has 0 aliphatic carbocycles. The summed E-state index contributed by atoms with van der Waals surface area (Å²) in [6.45, 7) is 1.75. The molecule has 0 bridgehead atoms. The first kappa shape index (κ1) is 9.06. The van der Waals surface area contributed by atoms with Crippen molar-refractivity contribution in [3.8, 4) is 0 Å². The molecule has 0 fully saturated rings. The summed E-state index contributed by atoms with van der Waals surface area (Å²) in [5, 5.41) is 14.7. The lowest BCUT2D eigenvalue weighted by molar-refractivity contribution is -0.310. The lowest BCUT2D eigenvalue weighted by Crippen LogP contribution is -2.33. The van der Waals surface area contributed by atoms with Crippen molar-refractivity contribution < 1.29 is 9.90 Å². The van der Waals surface area contributed by atoms with E-state index in [2.05, 4.69) is 5.10 Å². The first-order chi connectivity index (χ1) is 5.65. The Balaban J connectivity index is 2.87. The van der Waals surface area contributed by atoms with E-state index in [-0.39, 0.29) is 0 Å². The molecule has 1 heterocycles. The molecule has 0 amide bonds. The van der Waals surface area contributed by atoms with E-state index in [1.807, 2.05) is 0 Å². The number of rotatable bonds is 3. The summed E-state index contributed by atoms with van der Waals surface area (Å²) in [5.41, 5.74) is 0. The van der Waals surface area contributed by atoms with Crippen LogP contribution < -0.4 is 5.11 Å². The summed E-state index contributed by atoms with van der Waals surface area (Å²) in [6.07, 6.45) is 3.29. The fourth-order valence-electron chi connectivity index (χ4n) is 0.947. The molecule has 0 aliphatic heterocycles. The minimum absolute atomic E-state index is 0.426. The van der Waals surface area contributed by atoms with Crippen LogP contribution in [0.1, 0.15) is 19.4 Å². The van der Waals surface area contributed by atoms with Crippen LogP contribution in [0.4, 0.5) is 0 Å². The Hall–Kier alpha value is -1.03. The smallest absolute Gasteiger partial charge is 0.0910 e. The molecule has 0 unspecified atom stereocenters. The minimum Gasteiger partial charge on any atom is -0.548 e. The molecule has 1 atom stereocenters. The van der Waals surface area contributed by atoms with Crippen LogP contribution in [0, 0.1) is 0 Å². The summed E-state index contributed by atoms with van der Waals surface area (Å²) in [4.78, 5) is 10.5. The average Bonchev–Trinajstić information content (AvgIpc) is 2.37. The van der Waals surface area contributed by atoms with E-state index in [1.54, 1.807) is 6.92 Å². The van der Waals surface area contributed by atoms with Crippen LogP contribution in [0.15, 0.2) is 12.4 Å². The highest BCUT2D eigenvalue weighted by atomic mass is 35.5. The van der Waals surface area contributed by atoms with Crippen LogP contribution >= 0.6 is 11.6 Å². The number of carbonyl (C=O) groups excluding carboxylic acids is 1. The molecule has 0 spiro atoms. The predicted molar refractivity (Wildman–Crippen MR) is 41.6 cm³/mol. The van der Waals surface area contributed by atoms with Gasteiger partial charge in [0.05, 0.1) is 23.2 Å². The van der Waals surface area contributed by atoms with Crippen LogP contribution in [0.5, 0.6) is 0 Å². The number of carbonyl (C=O) groups is 1. The van der Waals surface area contributed by atoms with E-state index in [1.165, 1.54) is 17.1 Å². The Morgan fingerprint density at radius 1 is 1.92 bits per heavy atom. The zero-order valence-electron chi connectivity index (χ0n) is 6.53. The molecule has 0 saturated carbocycles. The molecule has 1 rings (SSSR count). The van der Waals surface area contributed by atoms with Gasteiger partial charge in [-0.1, -0.05) is 18.5 Å². The molecule has 0 aliphatic rings. The Morgan fingerprint density at radius 2 is 2.58 bits per heavy atom. The zero-order chi connectivity index (χ0) is 9.14. The number of hydrogen-bond donors (Lipinski definition) is 0.